The topological polar surface area (TPSA) is 103 Å². The maximum absolute atomic E-state index is 14.7. The number of aromatic amines is 1. The Morgan fingerprint density at radius 1 is 1.08 bits per heavy atom. The number of amides is 1. The van der Waals surface area contributed by atoms with Crippen molar-refractivity contribution in [3.63, 3.8) is 0 Å². The number of halogens is 1. The number of carbonyl (C=O) groups excluding carboxylic acids is 1. The highest BCUT2D eigenvalue weighted by molar-refractivity contribution is 5.86. The van der Waals surface area contributed by atoms with Crippen molar-refractivity contribution >= 4 is 29.1 Å². The lowest BCUT2D eigenvalue weighted by Crippen LogP contribution is -2.45. The van der Waals surface area contributed by atoms with Crippen LogP contribution < -0.4 is 5.32 Å². The van der Waals surface area contributed by atoms with Gasteiger partial charge in [0.15, 0.2) is 5.82 Å². The van der Waals surface area contributed by atoms with Gasteiger partial charge in [-0.15, -0.1) is 0 Å². The second kappa shape index (κ2) is 9.62. The Hall–Kier alpha value is -3.92. The molecule has 0 unspecified atom stereocenters. The molecule has 1 saturated heterocycles. The fraction of sp³-hybridized carbons (Fsp3) is 0.346. The summed E-state index contributed by atoms with van der Waals surface area (Å²) in [7, 11) is 0. The molecule has 0 atom stereocenters. The molecular formula is C26H27FN8O. The van der Waals surface area contributed by atoms with E-state index in [1.807, 2.05) is 36.5 Å². The van der Waals surface area contributed by atoms with Gasteiger partial charge in [0.05, 0.1) is 11.7 Å². The Balaban J connectivity index is 1.16. The number of carbonyl (C=O) groups is 1. The van der Waals surface area contributed by atoms with Crippen molar-refractivity contribution in [1.29, 1.82) is 0 Å². The summed E-state index contributed by atoms with van der Waals surface area (Å²) in [6.07, 6.45) is 7.38. The van der Waals surface area contributed by atoms with Crippen LogP contribution >= 0.6 is 0 Å². The predicted octanol–water partition coefficient (Wildman–Crippen LogP) is 3.52. The Labute approximate surface area is 207 Å². The maximum Gasteiger partial charge on any atom is 0.229 e. The highest BCUT2D eigenvalue weighted by atomic mass is 19.1. The van der Waals surface area contributed by atoms with Gasteiger partial charge in [-0.3, -0.25) is 14.8 Å². The number of rotatable bonds is 8. The molecule has 4 aromatic rings. The van der Waals surface area contributed by atoms with Crippen molar-refractivity contribution in [3.05, 3.63) is 59.8 Å². The average Bonchev–Trinajstić information content (AvgIpc) is 3.65. The summed E-state index contributed by atoms with van der Waals surface area (Å²) in [5, 5.41) is 11.6. The summed E-state index contributed by atoms with van der Waals surface area (Å²) in [5.74, 6) is 1.10. The molecule has 1 amide bonds. The molecule has 2 N–H and O–H groups in total. The van der Waals surface area contributed by atoms with Crippen molar-refractivity contribution in [2.45, 2.75) is 25.8 Å². The van der Waals surface area contributed by atoms with Crippen molar-refractivity contribution < 1.29 is 9.18 Å². The van der Waals surface area contributed by atoms with Gasteiger partial charge in [0.1, 0.15) is 11.5 Å². The number of fused-ring (bicyclic) bond motifs is 1. The Kier molecular flexibility index (Phi) is 6.02. The summed E-state index contributed by atoms with van der Waals surface area (Å²) >= 11 is 0. The summed E-state index contributed by atoms with van der Waals surface area (Å²) in [5.41, 5.74) is 3.96. The van der Waals surface area contributed by atoms with E-state index in [1.54, 1.807) is 4.90 Å². The maximum atomic E-state index is 14.7. The molecule has 36 heavy (non-hydrogen) atoms. The Morgan fingerprint density at radius 2 is 1.94 bits per heavy atom. The molecule has 6 rings (SSSR count). The first-order chi connectivity index (χ1) is 17.6. The van der Waals surface area contributed by atoms with E-state index >= 15 is 0 Å². The number of H-pyrrole nitrogens is 1. The van der Waals surface area contributed by atoms with Gasteiger partial charge in [0.2, 0.25) is 12.4 Å². The van der Waals surface area contributed by atoms with Crippen molar-refractivity contribution in [3.8, 4) is 11.3 Å². The molecule has 184 valence electrons. The zero-order chi connectivity index (χ0) is 24.5. The number of hydrogen-bond donors (Lipinski definition) is 2. The van der Waals surface area contributed by atoms with Gasteiger partial charge in [-0.1, -0.05) is 12.1 Å². The van der Waals surface area contributed by atoms with Crippen LogP contribution in [0.25, 0.3) is 22.2 Å². The zero-order valence-corrected chi connectivity index (χ0v) is 19.8. The van der Waals surface area contributed by atoms with Crippen molar-refractivity contribution in [2.75, 3.05) is 31.5 Å². The van der Waals surface area contributed by atoms with Crippen LogP contribution in [-0.4, -0.2) is 67.5 Å². The monoisotopic (exact) mass is 486 g/mol. The van der Waals surface area contributed by atoms with Gasteiger partial charge in [-0.2, -0.15) is 5.10 Å². The zero-order valence-electron chi connectivity index (χ0n) is 19.8. The molecule has 1 aromatic carbocycles. The molecule has 3 aromatic heterocycles. The highest BCUT2D eigenvalue weighted by Gasteiger charge is 2.23. The van der Waals surface area contributed by atoms with E-state index in [-0.39, 0.29) is 11.6 Å². The molecule has 1 aliphatic carbocycles. The standard InChI is InChI=1S/C26H27FN8O/c27-21-14-29-26(30-24-6-3-18(13-28-24)15-34-7-9-35(16-36)10-8-34)31-25(21)19-4-5-22-20(12-19)23(33-32-22)11-17-1-2-17/h3-6,12-14,16-17H,1-2,7-11,15H2,(H,32,33)(H,28,29,30,31). The number of hydrogen-bond acceptors (Lipinski definition) is 7. The van der Waals surface area contributed by atoms with Crippen molar-refractivity contribution in [2.24, 2.45) is 5.92 Å². The molecule has 1 aliphatic heterocycles. The van der Waals surface area contributed by atoms with Crippen molar-refractivity contribution in [1.82, 2.24) is 34.9 Å². The van der Waals surface area contributed by atoms with E-state index in [0.717, 1.165) is 73.6 Å². The van der Waals surface area contributed by atoms with E-state index in [4.69, 9.17) is 0 Å². The minimum absolute atomic E-state index is 0.235. The molecule has 0 spiro atoms. The largest absolute Gasteiger partial charge is 0.343 e. The third kappa shape index (κ3) is 4.90. The van der Waals surface area contributed by atoms with Crippen LogP contribution in [0.2, 0.25) is 0 Å². The smallest absolute Gasteiger partial charge is 0.229 e. The number of piperazine rings is 1. The van der Waals surface area contributed by atoms with Crippen LogP contribution in [0.5, 0.6) is 0 Å². The van der Waals surface area contributed by atoms with E-state index in [1.165, 1.54) is 19.0 Å². The molecule has 0 radical (unpaired) electrons. The van der Waals surface area contributed by atoms with Crippen LogP contribution in [0.15, 0.2) is 42.7 Å². The van der Waals surface area contributed by atoms with Gasteiger partial charge in [-0.05, 0) is 48.9 Å². The van der Waals surface area contributed by atoms with E-state index < -0.39 is 5.82 Å². The molecule has 4 heterocycles. The Bertz CT molecular complexity index is 1380. The minimum atomic E-state index is -0.481. The first-order valence-electron chi connectivity index (χ1n) is 12.3. The number of nitrogens with zero attached hydrogens (tertiary/aromatic N) is 6. The third-order valence-corrected chi connectivity index (χ3v) is 6.87. The molecule has 1 saturated carbocycles. The molecule has 9 nitrogen and oxygen atoms in total. The molecule has 0 bridgehead atoms. The summed E-state index contributed by atoms with van der Waals surface area (Å²) < 4.78 is 14.7. The molecular weight excluding hydrogens is 459 g/mol. The molecule has 10 heteroatoms. The second-order valence-corrected chi connectivity index (χ2v) is 9.57. The van der Waals surface area contributed by atoms with Gasteiger partial charge in [-0.25, -0.2) is 19.3 Å². The van der Waals surface area contributed by atoms with Gasteiger partial charge in [0.25, 0.3) is 0 Å². The number of pyridine rings is 1. The number of benzene rings is 1. The lowest BCUT2D eigenvalue weighted by Gasteiger charge is -2.32. The SMILES string of the molecule is O=CN1CCN(Cc2ccc(Nc3ncc(F)c(-c4ccc5n[nH]c(CC6CC6)c5c4)n3)nc2)CC1. The Morgan fingerprint density at radius 3 is 2.69 bits per heavy atom. The van der Waals surface area contributed by atoms with Gasteiger partial charge < -0.3 is 10.2 Å². The fourth-order valence-electron chi connectivity index (χ4n) is 4.60. The quantitative estimate of drug-likeness (QED) is 0.367. The lowest BCUT2D eigenvalue weighted by molar-refractivity contribution is -0.119. The number of aromatic nitrogens is 5. The summed E-state index contributed by atoms with van der Waals surface area (Å²) in [6, 6.07) is 9.55. The normalized spacial score (nSPS) is 16.4. The van der Waals surface area contributed by atoms with Crippen LogP contribution in [0.1, 0.15) is 24.1 Å². The van der Waals surface area contributed by atoms with Crippen LogP contribution in [0, 0.1) is 11.7 Å². The highest BCUT2D eigenvalue weighted by Crippen LogP contribution is 2.35. The summed E-state index contributed by atoms with van der Waals surface area (Å²) in [6.45, 7) is 3.96. The first kappa shape index (κ1) is 22.5. The lowest BCUT2D eigenvalue weighted by atomic mass is 10.1. The average molecular weight is 487 g/mol. The summed E-state index contributed by atoms with van der Waals surface area (Å²) in [4.78, 5) is 28.0. The van der Waals surface area contributed by atoms with Crippen LogP contribution in [0.4, 0.5) is 16.2 Å². The first-order valence-corrected chi connectivity index (χ1v) is 12.3. The molecule has 2 aliphatic rings. The molecule has 2 fully saturated rings. The number of nitrogens with one attached hydrogen (secondary N) is 2. The van der Waals surface area contributed by atoms with Gasteiger partial charge in [0, 0.05) is 55.6 Å². The fourth-order valence-corrected chi connectivity index (χ4v) is 4.60. The minimum Gasteiger partial charge on any atom is -0.343 e. The second-order valence-electron chi connectivity index (χ2n) is 9.57. The number of anilines is 2. The van der Waals surface area contributed by atoms with E-state index in [2.05, 4.69) is 35.4 Å². The van der Waals surface area contributed by atoms with E-state index in [0.29, 0.717) is 11.4 Å². The third-order valence-electron chi connectivity index (χ3n) is 6.87. The van der Waals surface area contributed by atoms with Gasteiger partial charge >= 0.3 is 0 Å². The van der Waals surface area contributed by atoms with Crippen LogP contribution in [0.3, 0.4) is 0 Å². The van der Waals surface area contributed by atoms with Crippen LogP contribution in [-0.2, 0) is 17.8 Å². The van der Waals surface area contributed by atoms with E-state index in [9.17, 15) is 9.18 Å². The predicted molar refractivity (Wildman–Crippen MR) is 134 cm³/mol.